The Balaban J connectivity index is 1.25. The van der Waals surface area contributed by atoms with Crippen LogP contribution in [0.2, 0.25) is 0 Å². The van der Waals surface area contributed by atoms with Crippen LogP contribution in [0.3, 0.4) is 0 Å². The summed E-state index contributed by atoms with van der Waals surface area (Å²) < 4.78 is 2.04. The van der Waals surface area contributed by atoms with Crippen molar-refractivity contribution in [2.24, 2.45) is 13.0 Å². The lowest BCUT2D eigenvalue weighted by molar-refractivity contribution is -0.139. The van der Waals surface area contributed by atoms with Crippen LogP contribution in [0.5, 0.6) is 0 Å². The summed E-state index contributed by atoms with van der Waals surface area (Å²) in [7, 11) is 6.28. The molecule has 2 aromatic carbocycles. The Morgan fingerprint density at radius 1 is 0.943 bits per heavy atom. The predicted molar refractivity (Wildman–Crippen MR) is 139 cm³/mol. The summed E-state index contributed by atoms with van der Waals surface area (Å²) in [5, 5.41) is 1.13. The minimum Gasteiger partial charge on any atom is -0.351 e. The third-order valence-corrected chi connectivity index (χ3v) is 8.26. The molecule has 0 spiro atoms. The van der Waals surface area contributed by atoms with Gasteiger partial charge in [-0.3, -0.25) is 14.5 Å². The zero-order chi connectivity index (χ0) is 24.6. The fraction of sp³-hybridized carbons (Fsp3) is 0.448. The zero-order valence-corrected chi connectivity index (χ0v) is 21.1. The number of carbonyl (C=O) groups excluding carboxylic acids is 2. The Morgan fingerprint density at radius 2 is 1.69 bits per heavy atom. The lowest BCUT2D eigenvalue weighted by atomic mass is 9.79. The molecule has 3 aromatic rings. The van der Waals surface area contributed by atoms with Gasteiger partial charge in [-0.1, -0.05) is 36.4 Å². The predicted octanol–water partition coefficient (Wildman–Crippen LogP) is 4.11. The Morgan fingerprint density at radius 3 is 2.40 bits per heavy atom. The van der Waals surface area contributed by atoms with E-state index >= 15 is 0 Å². The van der Waals surface area contributed by atoms with Crippen molar-refractivity contribution < 1.29 is 9.59 Å². The van der Waals surface area contributed by atoms with Crippen molar-refractivity contribution in [2.75, 3.05) is 40.3 Å². The van der Waals surface area contributed by atoms with Gasteiger partial charge in [-0.15, -0.1) is 0 Å². The van der Waals surface area contributed by atoms with E-state index in [2.05, 4.69) is 55.4 Å². The highest BCUT2D eigenvalue weighted by Gasteiger charge is 2.41. The Labute approximate surface area is 208 Å². The zero-order valence-electron chi connectivity index (χ0n) is 21.1. The van der Waals surface area contributed by atoms with Gasteiger partial charge in [0.15, 0.2) is 0 Å². The number of likely N-dealkylation sites (tertiary alicyclic amines) is 2. The second kappa shape index (κ2) is 9.50. The third-order valence-electron chi connectivity index (χ3n) is 8.26. The monoisotopic (exact) mass is 472 g/mol. The van der Waals surface area contributed by atoms with Gasteiger partial charge >= 0.3 is 0 Å². The largest absolute Gasteiger partial charge is 0.351 e. The number of aryl methyl sites for hydroxylation is 1. The van der Waals surface area contributed by atoms with E-state index in [1.807, 2.05) is 45.8 Å². The molecule has 1 unspecified atom stereocenters. The Bertz CT molecular complexity index is 1210. The SMILES string of the molecule is CN(C)C1(c2ccccc2)CCN(C(=O)C2CCCN(C(=O)c3ccc4ccn(C)c4c3)C2)CC1. The quantitative estimate of drug-likeness (QED) is 0.574. The Hall–Kier alpha value is -3.12. The molecule has 2 fully saturated rings. The van der Waals surface area contributed by atoms with Crippen LogP contribution in [0, 0.1) is 5.92 Å². The molecule has 35 heavy (non-hydrogen) atoms. The van der Waals surface area contributed by atoms with Crippen molar-refractivity contribution >= 4 is 22.7 Å². The molecule has 1 aromatic heterocycles. The summed E-state index contributed by atoms with van der Waals surface area (Å²) in [6.45, 7) is 2.73. The van der Waals surface area contributed by atoms with E-state index in [0.717, 1.165) is 49.7 Å². The topological polar surface area (TPSA) is 48.8 Å². The molecule has 5 rings (SSSR count). The molecule has 0 N–H and O–H groups in total. The maximum Gasteiger partial charge on any atom is 0.253 e. The summed E-state index contributed by atoms with van der Waals surface area (Å²) in [6, 6.07) is 18.6. The normalized spacial score (nSPS) is 20.4. The van der Waals surface area contributed by atoms with Crippen molar-refractivity contribution in [2.45, 2.75) is 31.2 Å². The maximum absolute atomic E-state index is 13.5. The number of fused-ring (bicyclic) bond motifs is 1. The lowest BCUT2D eigenvalue weighted by Crippen LogP contribution is -2.54. The second-order valence-corrected chi connectivity index (χ2v) is 10.4. The van der Waals surface area contributed by atoms with Gasteiger partial charge in [0.2, 0.25) is 5.91 Å². The van der Waals surface area contributed by atoms with Gasteiger partial charge in [-0.2, -0.15) is 0 Å². The minimum atomic E-state index is -0.116. The molecule has 0 radical (unpaired) electrons. The minimum absolute atomic E-state index is 0.0277. The molecular weight excluding hydrogens is 436 g/mol. The number of piperidine rings is 2. The first-order valence-corrected chi connectivity index (χ1v) is 12.8. The molecule has 0 bridgehead atoms. The highest BCUT2D eigenvalue weighted by atomic mass is 16.2. The summed E-state index contributed by atoms with van der Waals surface area (Å²) in [5.41, 5.74) is 3.03. The van der Waals surface area contributed by atoms with E-state index in [4.69, 9.17) is 0 Å². The summed E-state index contributed by atoms with van der Waals surface area (Å²) >= 11 is 0. The van der Waals surface area contributed by atoms with Crippen molar-refractivity contribution in [3.8, 4) is 0 Å². The summed E-state index contributed by atoms with van der Waals surface area (Å²) in [6.07, 6.45) is 5.57. The molecule has 2 aliphatic rings. The van der Waals surface area contributed by atoms with E-state index in [0.29, 0.717) is 18.7 Å². The van der Waals surface area contributed by atoms with Gasteiger partial charge in [-0.05, 0) is 68.9 Å². The highest BCUT2D eigenvalue weighted by Crippen LogP contribution is 2.38. The fourth-order valence-corrected chi connectivity index (χ4v) is 6.04. The van der Waals surface area contributed by atoms with E-state index < -0.39 is 0 Å². The van der Waals surface area contributed by atoms with Crippen LogP contribution in [0.1, 0.15) is 41.6 Å². The number of amides is 2. The standard InChI is InChI=1S/C29H36N4O2/c1-30(2)29(25-9-5-4-6-10-25)14-18-32(19-15-29)28(35)24-8-7-16-33(21-24)27(34)23-12-11-22-13-17-31(3)26(22)20-23/h4-6,9-13,17,20,24H,7-8,14-16,18-19,21H2,1-3H3. The van der Waals surface area contributed by atoms with Gasteiger partial charge in [0, 0.05) is 56.0 Å². The molecule has 0 saturated carbocycles. The van der Waals surface area contributed by atoms with Crippen molar-refractivity contribution in [1.82, 2.24) is 19.3 Å². The third kappa shape index (κ3) is 4.36. The van der Waals surface area contributed by atoms with Crippen LogP contribution in [-0.2, 0) is 17.4 Å². The first-order valence-electron chi connectivity index (χ1n) is 12.8. The van der Waals surface area contributed by atoms with Gasteiger partial charge in [0.1, 0.15) is 0 Å². The molecule has 184 valence electrons. The van der Waals surface area contributed by atoms with Crippen LogP contribution in [0.4, 0.5) is 0 Å². The number of rotatable bonds is 4. The van der Waals surface area contributed by atoms with E-state index in [1.165, 1.54) is 5.56 Å². The van der Waals surface area contributed by atoms with Crippen LogP contribution in [0.15, 0.2) is 60.8 Å². The average molecular weight is 473 g/mol. The number of carbonyl (C=O) groups is 2. The first kappa shape index (κ1) is 23.6. The van der Waals surface area contributed by atoms with Crippen LogP contribution >= 0.6 is 0 Å². The van der Waals surface area contributed by atoms with E-state index in [9.17, 15) is 9.59 Å². The smallest absolute Gasteiger partial charge is 0.253 e. The van der Waals surface area contributed by atoms with Gasteiger partial charge in [0.05, 0.1) is 5.92 Å². The van der Waals surface area contributed by atoms with Gasteiger partial charge < -0.3 is 14.4 Å². The van der Waals surface area contributed by atoms with E-state index in [-0.39, 0.29) is 23.3 Å². The molecule has 0 aliphatic carbocycles. The molecule has 6 heteroatoms. The van der Waals surface area contributed by atoms with Gasteiger partial charge in [-0.25, -0.2) is 0 Å². The molecule has 2 saturated heterocycles. The highest BCUT2D eigenvalue weighted by molar-refractivity contribution is 5.98. The fourth-order valence-electron chi connectivity index (χ4n) is 6.04. The molecule has 3 heterocycles. The van der Waals surface area contributed by atoms with Crippen molar-refractivity contribution in [1.29, 1.82) is 0 Å². The molecular formula is C29H36N4O2. The van der Waals surface area contributed by atoms with Crippen molar-refractivity contribution in [3.63, 3.8) is 0 Å². The summed E-state index contributed by atoms with van der Waals surface area (Å²) in [5.74, 6) is 0.121. The Kier molecular flexibility index (Phi) is 6.41. The average Bonchev–Trinajstić information content (AvgIpc) is 3.28. The van der Waals surface area contributed by atoms with Crippen LogP contribution in [0.25, 0.3) is 10.9 Å². The number of hydrogen-bond donors (Lipinski definition) is 0. The summed E-state index contributed by atoms with van der Waals surface area (Å²) in [4.78, 5) is 33.1. The first-order chi connectivity index (χ1) is 16.9. The number of nitrogens with zero attached hydrogens (tertiary/aromatic N) is 4. The molecule has 2 aliphatic heterocycles. The lowest BCUT2D eigenvalue weighted by Gasteiger charge is -2.47. The van der Waals surface area contributed by atoms with E-state index in [1.54, 1.807) is 0 Å². The van der Waals surface area contributed by atoms with Crippen molar-refractivity contribution in [3.05, 3.63) is 71.9 Å². The van der Waals surface area contributed by atoms with Gasteiger partial charge in [0.25, 0.3) is 5.91 Å². The molecule has 6 nitrogen and oxygen atoms in total. The number of aromatic nitrogens is 1. The molecule has 1 atom stereocenters. The van der Waals surface area contributed by atoms with Crippen LogP contribution < -0.4 is 0 Å². The number of hydrogen-bond acceptors (Lipinski definition) is 3. The number of benzene rings is 2. The second-order valence-electron chi connectivity index (χ2n) is 10.4. The molecule has 2 amide bonds. The maximum atomic E-state index is 13.5. The van der Waals surface area contributed by atoms with Crippen LogP contribution in [-0.4, -0.2) is 71.4 Å².